The fourth-order valence-corrected chi connectivity index (χ4v) is 4.85. The number of nitrogens with zero attached hydrogens (tertiary/aromatic N) is 7. The summed E-state index contributed by atoms with van der Waals surface area (Å²) < 4.78 is 4.51. The van der Waals surface area contributed by atoms with Gasteiger partial charge in [-0.25, -0.2) is 19.0 Å². The third-order valence-corrected chi connectivity index (χ3v) is 6.83. The Kier molecular flexibility index (Phi) is 6.75. The Morgan fingerprint density at radius 1 is 1.16 bits per heavy atom. The number of rotatable bonds is 7. The van der Waals surface area contributed by atoms with Crippen LogP contribution in [0.25, 0.3) is 16.9 Å². The maximum absolute atomic E-state index is 13.2. The summed E-state index contributed by atoms with van der Waals surface area (Å²) >= 11 is 0. The van der Waals surface area contributed by atoms with Gasteiger partial charge in [-0.05, 0) is 76.5 Å². The van der Waals surface area contributed by atoms with Gasteiger partial charge in [0.1, 0.15) is 5.39 Å². The Morgan fingerprint density at radius 3 is 2.68 bits per heavy atom. The lowest BCUT2D eigenvalue weighted by atomic mass is 9.89. The molecule has 5 rings (SSSR count). The molecule has 0 bridgehead atoms. The molecule has 3 aromatic heterocycles. The van der Waals surface area contributed by atoms with Crippen molar-refractivity contribution < 1.29 is 0 Å². The second-order valence-corrected chi connectivity index (χ2v) is 9.81. The van der Waals surface area contributed by atoms with E-state index < -0.39 is 0 Å². The van der Waals surface area contributed by atoms with E-state index in [1.807, 2.05) is 26.0 Å². The van der Waals surface area contributed by atoms with Crippen LogP contribution in [-0.4, -0.2) is 54.1 Å². The molecule has 0 atom stereocenters. The van der Waals surface area contributed by atoms with Gasteiger partial charge in [0.05, 0.1) is 12.6 Å². The number of aromatic nitrogens is 6. The van der Waals surface area contributed by atoms with Gasteiger partial charge in [-0.2, -0.15) is 4.98 Å². The number of hydrogen-bond donors (Lipinski definition) is 1. The summed E-state index contributed by atoms with van der Waals surface area (Å²) in [4.78, 5) is 37.0. The Hall–Kier alpha value is -4.05. The SMILES string of the molecule is C=CCn1c(=O)c2cnc(Nc3cccc(C4CCN(C)CC4)c3)nc2n1-c1ccc(=O)n(C(C)C)n1. The highest BCUT2D eigenvalue weighted by Gasteiger charge is 2.20. The summed E-state index contributed by atoms with van der Waals surface area (Å²) in [6.07, 6.45) is 5.44. The van der Waals surface area contributed by atoms with E-state index in [9.17, 15) is 9.59 Å². The monoisotopic (exact) mass is 500 g/mol. The standard InChI is InChI=1S/C27H32N8O2/c1-5-13-33-26(37)22-17-28-27(29-21-8-6-7-20(16-21)19-11-14-32(4)15-12-19)30-25(22)35(33)23-9-10-24(36)34(31-23)18(2)3/h5-10,16-19H,1,11-15H2,2-4H3,(H,28,29,30). The van der Waals surface area contributed by atoms with Crippen LogP contribution in [0.1, 0.15) is 44.2 Å². The summed E-state index contributed by atoms with van der Waals surface area (Å²) in [7, 11) is 2.16. The van der Waals surface area contributed by atoms with Crippen LogP contribution in [0.15, 0.2) is 64.8 Å². The van der Waals surface area contributed by atoms with Gasteiger partial charge in [-0.3, -0.25) is 9.59 Å². The first-order valence-electron chi connectivity index (χ1n) is 12.6. The van der Waals surface area contributed by atoms with Gasteiger partial charge in [-0.15, -0.1) is 11.7 Å². The quantitative estimate of drug-likeness (QED) is 0.388. The first kappa shape index (κ1) is 24.6. The zero-order valence-corrected chi connectivity index (χ0v) is 21.5. The zero-order chi connectivity index (χ0) is 26.1. The van der Waals surface area contributed by atoms with E-state index in [-0.39, 0.29) is 23.7 Å². The Balaban J connectivity index is 1.55. The number of piperidine rings is 1. The molecule has 1 aliphatic heterocycles. The van der Waals surface area contributed by atoms with E-state index in [1.165, 1.54) is 27.2 Å². The minimum Gasteiger partial charge on any atom is -0.324 e. The molecule has 1 saturated heterocycles. The van der Waals surface area contributed by atoms with Crippen molar-refractivity contribution in [1.29, 1.82) is 0 Å². The second-order valence-electron chi connectivity index (χ2n) is 9.81. The van der Waals surface area contributed by atoms with Crippen LogP contribution in [0.2, 0.25) is 0 Å². The maximum atomic E-state index is 13.2. The first-order valence-corrected chi connectivity index (χ1v) is 12.6. The summed E-state index contributed by atoms with van der Waals surface area (Å²) in [6, 6.07) is 11.3. The molecule has 0 aliphatic carbocycles. The van der Waals surface area contributed by atoms with Crippen LogP contribution >= 0.6 is 0 Å². The molecule has 10 nitrogen and oxygen atoms in total. The molecule has 10 heteroatoms. The molecule has 1 aliphatic rings. The molecular formula is C27H32N8O2. The number of benzene rings is 1. The second kappa shape index (κ2) is 10.1. The van der Waals surface area contributed by atoms with Gasteiger partial charge in [0, 0.05) is 18.0 Å². The summed E-state index contributed by atoms with van der Waals surface area (Å²) in [5.74, 6) is 1.31. The number of likely N-dealkylation sites (tertiary alicyclic amines) is 1. The summed E-state index contributed by atoms with van der Waals surface area (Å²) in [5, 5.41) is 8.19. The van der Waals surface area contributed by atoms with Crippen molar-refractivity contribution in [1.82, 2.24) is 34.0 Å². The lowest BCUT2D eigenvalue weighted by Gasteiger charge is -2.29. The summed E-state index contributed by atoms with van der Waals surface area (Å²) in [6.45, 7) is 9.99. The number of hydrogen-bond acceptors (Lipinski definition) is 7. The fraction of sp³-hybridized carbons (Fsp3) is 0.370. The molecule has 4 aromatic rings. The largest absolute Gasteiger partial charge is 0.324 e. The van der Waals surface area contributed by atoms with Crippen molar-refractivity contribution in [3.63, 3.8) is 0 Å². The van der Waals surface area contributed by atoms with Gasteiger partial charge in [0.15, 0.2) is 11.5 Å². The van der Waals surface area contributed by atoms with E-state index in [0.29, 0.717) is 28.7 Å². The van der Waals surface area contributed by atoms with Crippen molar-refractivity contribution in [2.75, 3.05) is 25.5 Å². The minimum absolute atomic E-state index is 0.141. The van der Waals surface area contributed by atoms with Crippen LogP contribution in [0, 0.1) is 0 Å². The Morgan fingerprint density at radius 2 is 1.95 bits per heavy atom. The van der Waals surface area contributed by atoms with E-state index in [4.69, 9.17) is 4.98 Å². The minimum atomic E-state index is -0.255. The molecule has 0 radical (unpaired) electrons. The van der Waals surface area contributed by atoms with Gasteiger partial charge in [0.25, 0.3) is 11.1 Å². The maximum Gasteiger partial charge on any atom is 0.278 e. The number of nitrogens with one attached hydrogen (secondary N) is 1. The van der Waals surface area contributed by atoms with E-state index in [1.54, 1.807) is 16.8 Å². The third-order valence-electron chi connectivity index (χ3n) is 6.83. The lowest BCUT2D eigenvalue weighted by Crippen LogP contribution is -2.29. The molecule has 0 spiro atoms. The number of fused-ring (bicyclic) bond motifs is 1. The van der Waals surface area contributed by atoms with Crippen LogP contribution in [-0.2, 0) is 6.54 Å². The van der Waals surface area contributed by atoms with Crippen molar-refractivity contribution in [2.24, 2.45) is 0 Å². The first-order chi connectivity index (χ1) is 17.9. The normalized spacial score (nSPS) is 14.9. The molecule has 192 valence electrons. The Bertz CT molecular complexity index is 1560. The predicted molar refractivity (Wildman–Crippen MR) is 145 cm³/mol. The molecule has 1 fully saturated rings. The smallest absolute Gasteiger partial charge is 0.278 e. The highest BCUT2D eigenvalue weighted by Crippen LogP contribution is 2.29. The van der Waals surface area contributed by atoms with E-state index >= 15 is 0 Å². The number of allylic oxidation sites excluding steroid dienone is 1. The van der Waals surface area contributed by atoms with E-state index in [0.717, 1.165) is 31.6 Å². The van der Waals surface area contributed by atoms with Crippen LogP contribution < -0.4 is 16.4 Å². The summed E-state index contributed by atoms with van der Waals surface area (Å²) in [5.41, 5.74) is 2.12. The predicted octanol–water partition coefficient (Wildman–Crippen LogP) is 3.46. The van der Waals surface area contributed by atoms with Crippen LogP contribution in [0.4, 0.5) is 11.6 Å². The zero-order valence-electron chi connectivity index (χ0n) is 21.5. The van der Waals surface area contributed by atoms with Gasteiger partial charge >= 0.3 is 0 Å². The molecule has 0 amide bonds. The van der Waals surface area contributed by atoms with Crippen LogP contribution in [0.3, 0.4) is 0 Å². The molecule has 1 aromatic carbocycles. The average molecular weight is 501 g/mol. The molecular weight excluding hydrogens is 468 g/mol. The van der Waals surface area contributed by atoms with E-state index in [2.05, 4.69) is 46.1 Å². The molecule has 4 heterocycles. The number of anilines is 2. The van der Waals surface area contributed by atoms with Crippen LogP contribution in [0.5, 0.6) is 0 Å². The third kappa shape index (κ3) is 4.84. The molecule has 1 N–H and O–H groups in total. The highest BCUT2D eigenvalue weighted by molar-refractivity contribution is 5.77. The topological polar surface area (TPSA) is 103 Å². The van der Waals surface area contributed by atoms with Crippen molar-refractivity contribution in [3.8, 4) is 5.82 Å². The average Bonchev–Trinajstić information content (AvgIpc) is 3.16. The highest BCUT2D eigenvalue weighted by atomic mass is 16.1. The molecule has 0 unspecified atom stereocenters. The lowest BCUT2D eigenvalue weighted by molar-refractivity contribution is 0.255. The van der Waals surface area contributed by atoms with Crippen molar-refractivity contribution in [3.05, 3.63) is 81.5 Å². The van der Waals surface area contributed by atoms with Crippen molar-refractivity contribution in [2.45, 2.75) is 45.2 Å². The van der Waals surface area contributed by atoms with Crippen molar-refractivity contribution >= 4 is 22.7 Å². The molecule has 37 heavy (non-hydrogen) atoms. The van der Waals surface area contributed by atoms with Gasteiger partial charge in [-0.1, -0.05) is 18.2 Å². The molecule has 0 saturated carbocycles. The van der Waals surface area contributed by atoms with Gasteiger partial charge < -0.3 is 10.2 Å². The van der Waals surface area contributed by atoms with Gasteiger partial charge in [0.2, 0.25) is 5.95 Å². The Labute approximate surface area is 214 Å². The fourth-order valence-electron chi connectivity index (χ4n) is 4.85.